The molecule has 0 aliphatic heterocycles. The summed E-state index contributed by atoms with van der Waals surface area (Å²) in [5.41, 5.74) is 3.11. The predicted octanol–water partition coefficient (Wildman–Crippen LogP) is 7.94. The smallest absolute Gasteiger partial charge is 0.204 e. The zero-order valence-corrected chi connectivity index (χ0v) is 32.6. The number of rotatable bonds is 25. The summed E-state index contributed by atoms with van der Waals surface area (Å²) in [7, 11) is 3.51. The Kier molecular flexibility index (Phi) is 17.6. The highest BCUT2D eigenvalue weighted by Crippen LogP contribution is 2.53. The zero-order chi connectivity index (χ0) is 38.9. The van der Waals surface area contributed by atoms with E-state index in [0.29, 0.717) is 27.6 Å². The first kappa shape index (κ1) is 42.8. The van der Waals surface area contributed by atoms with Crippen LogP contribution in [0, 0.1) is 13.8 Å². The number of hydrogen-bond acceptors (Lipinski definition) is 10. The van der Waals surface area contributed by atoms with Crippen molar-refractivity contribution in [1.82, 2.24) is 0 Å². The predicted molar refractivity (Wildman–Crippen MR) is 210 cm³/mol. The van der Waals surface area contributed by atoms with Gasteiger partial charge in [0.1, 0.15) is 34.1 Å². The van der Waals surface area contributed by atoms with Gasteiger partial charge in [-0.25, -0.2) is 0 Å². The fourth-order valence-electron chi connectivity index (χ4n) is 5.94. The third-order valence-electron chi connectivity index (χ3n) is 8.41. The largest absolute Gasteiger partial charge is 0.495 e. The molecule has 0 heterocycles. The molecule has 0 saturated heterocycles. The van der Waals surface area contributed by atoms with Gasteiger partial charge in [-0.2, -0.15) is 0 Å². The van der Waals surface area contributed by atoms with E-state index in [2.05, 4.69) is 26.3 Å². The second kappa shape index (κ2) is 21.8. The minimum atomic E-state index is -2.38. The van der Waals surface area contributed by atoms with Crippen LogP contribution in [0.2, 0.25) is 0 Å². The number of methoxy groups -OCH3 is 4. The summed E-state index contributed by atoms with van der Waals surface area (Å²) in [5, 5.41) is 0.495. The number of benzene rings is 3. The van der Waals surface area contributed by atoms with Gasteiger partial charge in [0, 0.05) is 22.3 Å². The normalized spacial score (nSPS) is 10.8. The Morgan fingerprint density at radius 2 is 0.811 bits per heavy atom. The van der Waals surface area contributed by atoms with Gasteiger partial charge in [0.05, 0.1) is 89.2 Å². The molecule has 3 aromatic rings. The van der Waals surface area contributed by atoms with E-state index in [0.717, 1.165) is 11.1 Å². The van der Waals surface area contributed by atoms with Gasteiger partial charge in [0.2, 0.25) is 11.0 Å². The van der Waals surface area contributed by atoms with Crippen molar-refractivity contribution in [3.05, 3.63) is 125 Å². The Morgan fingerprint density at radius 3 is 1.06 bits per heavy atom. The van der Waals surface area contributed by atoms with Crippen molar-refractivity contribution in [2.45, 2.75) is 40.3 Å². The third-order valence-corrected chi connectivity index (χ3v) is 10.5. The van der Waals surface area contributed by atoms with Crippen LogP contribution in [0.25, 0.3) is 0 Å². The van der Waals surface area contributed by atoms with E-state index in [-0.39, 0.29) is 87.0 Å². The first-order chi connectivity index (χ1) is 25.7. The van der Waals surface area contributed by atoms with Gasteiger partial charge in [0.25, 0.3) is 0 Å². The lowest BCUT2D eigenvalue weighted by atomic mass is 9.96. The molecule has 3 aromatic carbocycles. The van der Waals surface area contributed by atoms with Crippen LogP contribution >= 0.6 is 7.92 Å². The Morgan fingerprint density at radius 1 is 0.528 bits per heavy atom. The SMILES string of the molecule is C=CCOCc1c(C)c(COCC=C)c(OC)c(C(=O)P(C(=O)c2c(OC)c(COCC=C)c(C)c(COCC=C)c2OC)c2ccccc2)c1OC. The molecule has 0 radical (unpaired) electrons. The minimum absolute atomic E-state index is 0.0902. The molecule has 0 spiro atoms. The molecule has 0 N–H and O–H groups in total. The molecule has 0 amide bonds. The van der Waals surface area contributed by atoms with Crippen molar-refractivity contribution in [3.8, 4) is 23.0 Å². The Labute approximate surface area is 314 Å². The number of hydrogen-bond donors (Lipinski definition) is 0. The molecular formula is C42H51O10P. The van der Waals surface area contributed by atoms with Crippen molar-refractivity contribution in [2.24, 2.45) is 0 Å². The molecule has 0 saturated carbocycles. The molecule has 0 bridgehead atoms. The zero-order valence-electron chi connectivity index (χ0n) is 31.7. The van der Waals surface area contributed by atoms with Gasteiger partial charge < -0.3 is 37.9 Å². The Balaban J connectivity index is 2.48. The van der Waals surface area contributed by atoms with E-state index in [1.54, 1.807) is 48.6 Å². The third kappa shape index (κ3) is 9.90. The Hall–Kier alpha value is -4.57. The average Bonchev–Trinajstić information content (AvgIpc) is 3.17. The van der Waals surface area contributed by atoms with E-state index in [4.69, 9.17) is 37.9 Å². The minimum Gasteiger partial charge on any atom is -0.495 e. The first-order valence-electron chi connectivity index (χ1n) is 16.9. The molecule has 0 atom stereocenters. The summed E-state index contributed by atoms with van der Waals surface area (Å²) in [4.78, 5) is 30.9. The topological polar surface area (TPSA) is 108 Å². The van der Waals surface area contributed by atoms with Gasteiger partial charge in [0.15, 0.2) is 0 Å². The monoisotopic (exact) mass is 746 g/mol. The van der Waals surface area contributed by atoms with Crippen molar-refractivity contribution < 1.29 is 47.5 Å². The summed E-state index contributed by atoms with van der Waals surface area (Å²) >= 11 is 0. The maximum Gasteiger partial charge on any atom is 0.204 e. The second-order valence-electron chi connectivity index (χ2n) is 11.5. The fraction of sp³-hybridized carbons (Fsp3) is 0.333. The van der Waals surface area contributed by atoms with Crippen LogP contribution in [-0.2, 0) is 45.4 Å². The fourth-order valence-corrected chi connectivity index (χ4v) is 7.92. The molecule has 284 valence electrons. The summed E-state index contributed by atoms with van der Waals surface area (Å²) in [6.07, 6.45) is 6.53. The van der Waals surface area contributed by atoms with Gasteiger partial charge in [-0.15, -0.1) is 26.3 Å². The van der Waals surface area contributed by atoms with Crippen LogP contribution in [0.4, 0.5) is 0 Å². The average molecular weight is 747 g/mol. The molecule has 0 aliphatic rings. The van der Waals surface area contributed by atoms with Crippen molar-refractivity contribution in [3.63, 3.8) is 0 Å². The maximum atomic E-state index is 15.4. The molecule has 53 heavy (non-hydrogen) atoms. The van der Waals surface area contributed by atoms with E-state index >= 15 is 9.59 Å². The van der Waals surface area contributed by atoms with Gasteiger partial charge in [-0.3, -0.25) is 9.59 Å². The first-order valence-corrected chi connectivity index (χ1v) is 18.3. The number of ether oxygens (including phenoxy) is 8. The lowest BCUT2D eigenvalue weighted by molar-refractivity contribution is 0.104. The molecule has 10 nitrogen and oxygen atoms in total. The van der Waals surface area contributed by atoms with Crippen LogP contribution in [0.1, 0.15) is 54.1 Å². The van der Waals surface area contributed by atoms with Gasteiger partial charge >= 0.3 is 0 Å². The number of carbonyl (C=O) groups is 2. The molecule has 0 aromatic heterocycles. The maximum absolute atomic E-state index is 15.4. The molecule has 11 heteroatoms. The van der Waals surface area contributed by atoms with E-state index in [1.165, 1.54) is 28.4 Å². The highest BCUT2D eigenvalue weighted by Gasteiger charge is 2.40. The summed E-state index contributed by atoms with van der Waals surface area (Å²) in [6.45, 7) is 20.2. The van der Waals surface area contributed by atoms with E-state index in [9.17, 15) is 0 Å². The lowest BCUT2D eigenvalue weighted by Crippen LogP contribution is -2.21. The number of carbonyl (C=O) groups excluding carboxylic acids is 2. The summed E-state index contributed by atoms with van der Waals surface area (Å²) in [5.74, 6) is 0.933. The van der Waals surface area contributed by atoms with Crippen LogP contribution in [0.3, 0.4) is 0 Å². The van der Waals surface area contributed by atoms with E-state index in [1.807, 2.05) is 19.9 Å². The molecule has 0 fully saturated rings. The molecule has 3 rings (SSSR count). The second-order valence-corrected chi connectivity index (χ2v) is 13.5. The van der Waals surface area contributed by atoms with Crippen molar-refractivity contribution in [1.29, 1.82) is 0 Å². The van der Waals surface area contributed by atoms with Gasteiger partial charge in [-0.1, -0.05) is 54.6 Å². The standard InChI is InChI=1S/C42H51O10P/c1-11-20-49-24-31-28(5)32(25-50-21-12-2)38(46-8)35(37(31)45-7)41(43)53(30-18-16-15-17-19-30)42(44)36-39(47-9)33(26-51-22-13-3)29(6)34(40(36)48-10)27-52-23-14-4/h11-19H,1-4,20-27H2,5-10H3. The van der Waals surface area contributed by atoms with Crippen LogP contribution < -0.4 is 24.3 Å². The molecule has 0 aliphatic carbocycles. The molecule has 0 unspecified atom stereocenters. The lowest BCUT2D eigenvalue weighted by Gasteiger charge is -2.27. The Bertz CT molecular complexity index is 1570. The molecular weight excluding hydrogens is 695 g/mol. The van der Waals surface area contributed by atoms with Crippen LogP contribution in [-0.4, -0.2) is 65.9 Å². The quantitative estimate of drug-likeness (QED) is 0.0482. The highest BCUT2D eigenvalue weighted by atomic mass is 31.1. The summed E-state index contributed by atoms with van der Waals surface area (Å²) in [6, 6.07) is 8.90. The van der Waals surface area contributed by atoms with Crippen molar-refractivity contribution in [2.75, 3.05) is 54.9 Å². The summed E-state index contributed by atoms with van der Waals surface area (Å²) < 4.78 is 47.5. The van der Waals surface area contributed by atoms with Crippen LogP contribution in [0.5, 0.6) is 23.0 Å². The van der Waals surface area contributed by atoms with Gasteiger partial charge in [-0.05, 0) is 30.3 Å². The van der Waals surface area contributed by atoms with Crippen LogP contribution in [0.15, 0.2) is 81.0 Å². The highest BCUT2D eigenvalue weighted by molar-refractivity contribution is 7.96. The van der Waals surface area contributed by atoms with Crippen molar-refractivity contribution >= 4 is 24.3 Å². The van der Waals surface area contributed by atoms with E-state index < -0.39 is 19.0 Å².